The summed E-state index contributed by atoms with van der Waals surface area (Å²) in [7, 11) is 1.32. The fraction of sp³-hybridized carbons (Fsp3) is 0.158. The van der Waals surface area contributed by atoms with E-state index in [1.54, 1.807) is 24.3 Å². The van der Waals surface area contributed by atoms with Gasteiger partial charge < -0.3 is 15.0 Å². The number of hydrogen-bond acceptors (Lipinski definition) is 3. The summed E-state index contributed by atoms with van der Waals surface area (Å²) >= 11 is 0. The second-order valence-electron chi connectivity index (χ2n) is 5.48. The van der Waals surface area contributed by atoms with E-state index in [4.69, 9.17) is 4.74 Å². The SMILES string of the molecule is COC(=O)[C@H](Cc1c[nH]c2ccccc12)NC(=O)c1ccccc1. The van der Waals surface area contributed by atoms with Crippen LogP contribution in [0, 0.1) is 0 Å². The first-order chi connectivity index (χ1) is 11.7. The highest BCUT2D eigenvalue weighted by atomic mass is 16.5. The molecule has 3 aromatic rings. The van der Waals surface area contributed by atoms with E-state index in [0.29, 0.717) is 12.0 Å². The lowest BCUT2D eigenvalue weighted by Crippen LogP contribution is -2.43. The van der Waals surface area contributed by atoms with E-state index in [1.165, 1.54) is 7.11 Å². The number of aromatic amines is 1. The number of amides is 1. The molecule has 0 aliphatic carbocycles. The van der Waals surface area contributed by atoms with Crippen molar-refractivity contribution in [3.63, 3.8) is 0 Å². The number of carbonyl (C=O) groups excluding carboxylic acids is 2. The molecule has 24 heavy (non-hydrogen) atoms. The molecule has 5 heteroatoms. The van der Waals surface area contributed by atoms with Crippen LogP contribution in [0.4, 0.5) is 0 Å². The maximum Gasteiger partial charge on any atom is 0.328 e. The third-order valence-electron chi connectivity index (χ3n) is 3.93. The molecule has 0 unspecified atom stereocenters. The zero-order valence-electron chi connectivity index (χ0n) is 13.3. The molecule has 1 amide bonds. The first kappa shape index (κ1) is 15.8. The zero-order chi connectivity index (χ0) is 16.9. The summed E-state index contributed by atoms with van der Waals surface area (Å²) in [5.41, 5.74) is 2.45. The molecule has 0 saturated carbocycles. The number of H-pyrrole nitrogens is 1. The average Bonchev–Trinajstić information content (AvgIpc) is 3.04. The van der Waals surface area contributed by atoms with Crippen molar-refractivity contribution >= 4 is 22.8 Å². The molecule has 2 N–H and O–H groups in total. The van der Waals surface area contributed by atoms with Crippen LogP contribution in [0.5, 0.6) is 0 Å². The number of fused-ring (bicyclic) bond motifs is 1. The second kappa shape index (κ2) is 7.00. The van der Waals surface area contributed by atoms with Gasteiger partial charge in [-0.15, -0.1) is 0 Å². The van der Waals surface area contributed by atoms with Gasteiger partial charge in [0.15, 0.2) is 0 Å². The number of nitrogens with one attached hydrogen (secondary N) is 2. The van der Waals surface area contributed by atoms with E-state index in [2.05, 4.69) is 10.3 Å². The highest BCUT2D eigenvalue weighted by Crippen LogP contribution is 2.19. The van der Waals surface area contributed by atoms with Gasteiger partial charge in [0, 0.05) is 29.1 Å². The molecule has 0 spiro atoms. The van der Waals surface area contributed by atoms with Gasteiger partial charge in [0.2, 0.25) is 0 Å². The Bertz CT molecular complexity index is 855. The van der Waals surface area contributed by atoms with Crippen LogP contribution in [0.2, 0.25) is 0 Å². The normalized spacial score (nSPS) is 11.9. The number of para-hydroxylation sites is 1. The van der Waals surface area contributed by atoms with Crippen LogP contribution in [0.25, 0.3) is 10.9 Å². The summed E-state index contributed by atoms with van der Waals surface area (Å²) in [6.07, 6.45) is 2.21. The molecule has 0 aliphatic rings. The predicted molar refractivity (Wildman–Crippen MR) is 91.7 cm³/mol. The summed E-state index contributed by atoms with van der Waals surface area (Å²) in [6, 6.07) is 15.9. The largest absolute Gasteiger partial charge is 0.467 e. The van der Waals surface area contributed by atoms with Crippen molar-refractivity contribution in [2.75, 3.05) is 7.11 Å². The van der Waals surface area contributed by atoms with Crippen molar-refractivity contribution in [2.24, 2.45) is 0 Å². The van der Waals surface area contributed by atoms with Crippen molar-refractivity contribution in [2.45, 2.75) is 12.5 Å². The number of benzene rings is 2. The van der Waals surface area contributed by atoms with Crippen LogP contribution in [-0.4, -0.2) is 30.0 Å². The van der Waals surface area contributed by atoms with Crippen LogP contribution >= 0.6 is 0 Å². The number of methoxy groups -OCH3 is 1. The lowest BCUT2D eigenvalue weighted by Gasteiger charge is -2.16. The maximum absolute atomic E-state index is 12.3. The molecule has 122 valence electrons. The van der Waals surface area contributed by atoms with Crippen LogP contribution in [0.1, 0.15) is 15.9 Å². The number of carbonyl (C=O) groups is 2. The van der Waals surface area contributed by atoms with Crippen LogP contribution in [-0.2, 0) is 16.0 Å². The highest BCUT2D eigenvalue weighted by Gasteiger charge is 2.23. The van der Waals surface area contributed by atoms with E-state index in [0.717, 1.165) is 16.5 Å². The standard InChI is InChI=1S/C19H18N2O3/c1-24-19(23)17(21-18(22)13-7-3-2-4-8-13)11-14-12-20-16-10-6-5-9-15(14)16/h2-10,12,17,20H,11H2,1H3,(H,21,22)/t17-/m0/s1. The fourth-order valence-corrected chi connectivity index (χ4v) is 2.69. The van der Waals surface area contributed by atoms with E-state index >= 15 is 0 Å². The summed E-state index contributed by atoms with van der Waals surface area (Å²) in [4.78, 5) is 27.6. The Labute approximate surface area is 139 Å². The van der Waals surface area contributed by atoms with Crippen molar-refractivity contribution < 1.29 is 14.3 Å². The summed E-state index contributed by atoms with van der Waals surface area (Å²) in [5, 5.41) is 3.79. The number of aromatic nitrogens is 1. The third-order valence-corrected chi connectivity index (χ3v) is 3.93. The van der Waals surface area contributed by atoms with Crippen LogP contribution < -0.4 is 5.32 Å². The monoisotopic (exact) mass is 322 g/mol. The second-order valence-corrected chi connectivity index (χ2v) is 5.48. The summed E-state index contributed by atoms with van der Waals surface area (Å²) in [5.74, 6) is -0.768. The molecule has 5 nitrogen and oxygen atoms in total. The Morgan fingerprint density at radius 2 is 1.79 bits per heavy atom. The van der Waals surface area contributed by atoms with E-state index in [9.17, 15) is 9.59 Å². The van der Waals surface area contributed by atoms with Crippen molar-refractivity contribution in [3.8, 4) is 0 Å². The Hall–Kier alpha value is -3.08. The zero-order valence-corrected chi connectivity index (χ0v) is 13.3. The molecule has 0 saturated heterocycles. The van der Waals surface area contributed by atoms with Gasteiger partial charge in [-0.1, -0.05) is 36.4 Å². The minimum absolute atomic E-state index is 0.300. The molecule has 2 aromatic carbocycles. The molecule has 3 rings (SSSR count). The minimum atomic E-state index is -0.748. The van der Waals surface area contributed by atoms with Crippen LogP contribution in [0.15, 0.2) is 60.8 Å². The molecular formula is C19H18N2O3. The van der Waals surface area contributed by atoms with Crippen LogP contribution in [0.3, 0.4) is 0 Å². The van der Waals surface area contributed by atoms with Gasteiger partial charge in [0.25, 0.3) is 5.91 Å². The van der Waals surface area contributed by atoms with Gasteiger partial charge in [-0.2, -0.15) is 0 Å². The molecular weight excluding hydrogens is 304 g/mol. The molecule has 0 radical (unpaired) electrons. The first-order valence-corrected chi connectivity index (χ1v) is 7.68. The van der Waals surface area contributed by atoms with E-state index in [-0.39, 0.29) is 5.91 Å². The van der Waals surface area contributed by atoms with Gasteiger partial charge in [-0.3, -0.25) is 4.79 Å². The summed E-state index contributed by atoms with van der Waals surface area (Å²) < 4.78 is 4.85. The van der Waals surface area contributed by atoms with Crippen molar-refractivity contribution in [1.82, 2.24) is 10.3 Å². The quantitative estimate of drug-likeness (QED) is 0.710. The van der Waals surface area contributed by atoms with Gasteiger partial charge in [-0.05, 0) is 23.8 Å². The Morgan fingerprint density at radius 1 is 1.08 bits per heavy atom. The van der Waals surface area contributed by atoms with Gasteiger partial charge in [0.1, 0.15) is 6.04 Å². The van der Waals surface area contributed by atoms with Crippen molar-refractivity contribution in [3.05, 3.63) is 71.9 Å². The highest BCUT2D eigenvalue weighted by molar-refractivity contribution is 5.97. The fourth-order valence-electron chi connectivity index (χ4n) is 2.69. The number of esters is 1. The number of rotatable bonds is 5. The molecule has 0 fully saturated rings. The Morgan fingerprint density at radius 3 is 2.54 bits per heavy atom. The minimum Gasteiger partial charge on any atom is -0.467 e. The van der Waals surface area contributed by atoms with Gasteiger partial charge in [-0.25, -0.2) is 4.79 Å². The predicted octanol–water partition coefficient (Wildman–Crippen LogP) is 2.68. The molecule has 1 heterocycles. The number of hydrogen-bond donors (Lipinski definition) is 2. The van der Waals surface area contributed by atoms with Gasteiger partial charge in [0.05, 0.1) is 7.11 Å². The molecule has 0 aliphatic heterocycles. The molecule has 0 bridgehead atoms. The van der Waals surface area contributed by atoms with E-state index in [1.807, 2.05) is 36.5 Å². The average molecular weight is 322 g/mol. The number of ether oxygens (including phenoxy) is 1. The van der Waals surface area contributed by atoms with Crippen molar-refractivity contribution in [1.29, 1.82) is 0 Å². The molecule has 1 aromatic heterocycles. The third kappa shape index (κ3) is 3.30. The topological polar surface area (TPSA) is 71.2 Å². The van der Waals surface area contributed by atoms with E-state index < -0.39 is 12.0 Å². The Kier molecular flexibility index (Phi) is 4.61. The van der Waals surface area contributed by atoms with Gasteiger partial charge >= 0.3 is 5.97 Å². The maximum atomic E-state index is 12.3. The Balaban J connectivity index is 1.82. The first-order valence-electron chi connectivity index (χ1n) is 7.68. The smallest absolute Gasteiger partial charge is 0.328 e. The molecule has 1 atom stereocenters. The lowest BCUT2D eigenvalue weighted by molar-refractivity contribution is -0.142. The lowest BCUT2D eigenvalue weighted by atomic mass is 10.0. The summed E-state index contributed by atoms with van der Waals surface area (Å²) in [6.45, 7) is 0.